The Labute approximate surface area is 142 Å². The van der Waals surface area contributed by atoms with Gasteiger partial charge in [0.1, 0.15) is 0 Å². The number of rotatable bonds is 3. The summed E-state index contributed by atoms with van der Waals surface area (Å²) in [6.07, 6.45) is 10.7. The molecule has 2 heterocycles. The van der Waals surface area contributed by atoms with E-state index in [4.69, 9.17) is 5.73 Å². The summed E-state index contributed by atoms with van der Waals surface area (Å²) >= 11 is 0. The lowest BCUT2D eigenvalue weighted by molar-refractivity contribution is 0.436. The fraction of sp³-hybridized carbons (Fsp3) is 0.350. The van der Waals surface area contributed by atoms with Crippen molar-refractivity contribution in [3.63, 3.8) is 0 Å². The van der Waals surface area contributed by atoms with Crippen LogP contribution in [-0.4, -0.2) is 15.2 Å². The van der Waals surface area contributed by atoms with Gasteiger partial charge in [-0.25, -0.2) is 0 Å². The van der Waals surface area contributed by atoms with Gasteiger partial charge in [0, 0.05) is 41.2 Å². The number of hydrogen-bond acceptors (Lipinski definition) is 4. The van der Waals surface area contributed by atoms with Crippen LogP contribution in [0.2, 0.25) is 0 Å². The molecule has 24 heavy (non-hydrogen) atoms. The second-order valence-electron chi connectivity index (χ2n) is 6.67. The molecule has 2 aromatic heterocycles. The van der Waals surface area contributed by atoms with Gasteiger partial charge >= 0.3 is 0 Å². The minimum absolute atomic E-state index is 0.519. The number of hydrogen-bond donors (Lipinski definition) is 1. The first-order chi connectivity index (χ1) is 11.8. The Hall–Kier alpha value is -2.49. The molecule has 0 unspecified atom stereocenters. The minimum Gasteiger partial charge on any atom is -0.398 e. The van der Waals surface area contributed by atoms with Crippen LogP contribution in [-0.2, 0) is 6.42 Å². The monoisotopic (exact) mass is 318 g/mol. The molecular weight excluding hydrogens is 296 g/mol. The number of fused-ring (bicyclic) bond motifs is 1. The van der Waals surface area contributed by atoms with E-state index in [0.717, 1.165) is 28.9 Å². The molecule has 3 aromatic rings. The molecule has 4 nitrogen and oxygen atoms in total. The van der Waals surface area contributed by atoms with Crippen molar-refractivity contribution in [2.45, 2.75) is 44.4 Å². The Morgan fingerprint density at radius 1 is 0.958 bits per heavy atom. The van der Waals surface area contributed by atoms with E-state index in [9.17, 15) is 0 Å². The standard InChI is InChI=1S/C20H22N4/c21-17-8-4-7-16-19(17)18(13-14-9-11-22-12-10-14)23-24-20(16)15-5-2-1-3-6-15/h4,7-12,15H,1-3,5-6,13,21H2. The summed E-state index contributed by atoms with van der Waals surface area (Å²) < 4.78 is 0. The van der Waals surface area contributed by atoms with Gasteiger partial charge in [-0.1, -0.05) is 31.4 Å². The van der Waals surface area contributed by atoms with E-state index in [1.807, 2.05) is 36.7 Å². The van der Waals surface area contributed by atoms with Gasteiger partial charge in [-0.2, -0.15) is 10.2 Å². The van der Waals surface area contributed by atoms with Crippen LogP contribution < -0.4 is 5.73 Å². The predicted octanol–water partition coefficient (Wildman–Crippen LogP) is 4.25. The molecule has 1 aromatic carbocycles. The van der Waals surface area contributed by atoms with Gasteiger partial charge in [-0.3, -0.25) is 4.98 Å². The number of aromatic nitrogens is 3. The summed E-state index contributed by atoms with van der Waals surface area (Å²) in [4.78, 5) is 4.08. The Bertz CT molecular complexity index is 839. The van der Waals surface area contributed by atoms with Crippen molar-refractivity contribution < 1.29 is 0 Å². The number of anilines is 1. The highest BCUT2D eigenvalue weighted by Crippen LogP contribution is 2.37. The van der Waals surface area contributed by atoms with Crippen LogP contribution in [0.5, 0.6) is 0 Å². The van der Waals surface area contributed by atoms with E-state index in [-0.39, 0.29) is 0 Å². The van der Waals surface area contributed by atoms with Crippen molar-refractivity contribution in [1.82, 2.24) is 15.2 Å². The number of benzene rings is 1. The van der Waals surface area contributed by atoms with Crippen molar-refractivity contribution in [2.24, 2.45) is 0 Å². The van der Waals surface area contributed by atoms with E-state index < -0.39 is 0 Å². The van der Waals surface area contributed by atoms with E-state index in [2.05, 4.69) is 21.2 Å². The Balaban J connectivity index is 1.81. The molecule has 0 bridgehead atoms. The lowest BCUT2D eigenvalue weighted by Crippen LogP contribution is -2.10. The maximum Gasteiger partial charge on any atom is 0.0773 e. The first kappa shape index (κ1) is 15.1. The van der Waals surface area contributed by atoms with Gasteiger partial charge in [0.2, 0.25) is 0 Å². The van der Waals surface area contributed by atoms with Gasteiger partial charge in [0.25, 0.3) is 0 Å². The molecule has 1 aliphatic carbocycles. The normalized spacial score (nSPS) is 15.7. The number of pyridine rings is 1. The fourth-order valence-electron chi connectivity index (χ4n) is 3.82. The van der Waals surface area contributed by atoms with E-state index in [1.165, 1.54) is 43.1 Å². The molecule has 0 amide bonds. The first-order valence-corrected chi connectivity index (χ1v) is 8.75. The van der Waals surface area contributed by atoms with E-state index in [1.54, 1.807) is 0 Å². The van der Waals surface area contributed by atoms with Crippen LogP contribution in [0.4, 0.5) is 5.69 Å². The molecule has 1 aliphatic rings. The molecule has 0 saturated heterocycles. The van der Waals surface area contributed by atoms with Crippen LogP contribution in [0.1, 0.15) is 55.0 Å². The van der Waals surface area contributed by atoms with Crippen molar-refractivity contribution >= 4 is 16.5 Å². The van der Waals surface area contributed by atoms with Crippen LogP contribution in [0.15, 0.2) is 42.7 Å². The molecule has 2 N–H and O–H groups in total. The van der Waals surface area contributed by atoms with Gasteiger partial charge in [-0.05, 0) is 36.6 Å². The summed E-state index contributed by atoms with van der Waals surface area (Å²) in [5.74, 6) is 0.519. The summed E-state index contributed by atoms with van der Waals surface area (Å²) in [6.45, 7) is 0. The highest BCUT2D eigenvalue weighted by molar-refractivity contribution is 5.96. The quantitative estimate of drug-likeness (QED) is 0.733. The molecule has 0 atom stereocenters. The van der Waals surface area contributed by atoms with Crippen molar-refractivity contribution in [3.05, 3.63) is 59.7 Å². The molecule has 0 radical (unpaired) electrons. The van der Waals surface area contributed by atoms with E-state index in [0.29, 0.717) is 5.92 Å². The largest absolute Gasteiger partial charge is 0.398 e. The van der Waals surface area contributed by atoms with Gasteiger partial charge in [-0.15, -0.1) is 0 Å². The molecule has 4 rings (SSSR count). The Kier molecular flexibility index (Phi) is 4.11. The molecule has 1 fully saturated rings. The van der Waals surface area contributed by atoms with Crippen LogP contribution in [0.25, 0.3) is 10.8 Å². The summed E-state index contributed by atoms with van der Waals surface area (Å²) in [5.41, 5.74) is 10.4. The topological polar surface area (TPSA) is 64.7 Å². The van der Waals surface area contributed by atoms with E-state index >= 15 is 0 Å². The highest BCUT2D eigenvalue weighted by atomic mass is 15.1. The zero-order valence-electron chi connectivity index (χ0n) is 13.8. The summed E-state index contributed by atoms with van der Waals surface area (Å²) in [6, 6.07) is 10.2. The zero-order chi connectivity index (χ0) is 16.4. The van der Waals surface area contributed by atoms with Crippen LogP contribution in [0, 0.1) is 0 Å². The number of nitrogens with zero attached hydrogens (tertiary/aromatic N) is 3. The number of nitrogen functional groups attached to an aromatic ring is 1. The minimum atomic E-state index is 0.519. The van der Waals surface area contributed by atoms with Crippen molar-refractivity contribution in [2.75, 3.05) is 5.73 Å². The van der Waals surface area contributed by atoms with Crippen molar-refractivity contribution in [1.29, 1.82) is 0 Å². The first-order valence-electron chi connectivity index (χ1n) is 8.75. The SMILES string of the molecule is Nc1cccc2c(C3CCCCC3)nnc(Cc3ccncc3)c12. The summed E-state index contributed by atoms with van der Waals surface area (Å²) in [5, 5.41) is 11.5. The van der Waals surface area contributed by atoms with Crippen LogP contribution >= 0.6 is 0 Å². The molecular formula is C20H22N4. The smallest absolute Gasteiger partial charge is 0.0773 e. The molecule has 4 heteroatoms. The molecule has 0 spiro atoms. The molecule has 1 saturated carbocycles. The fourth-order valence-corrected chi connectivity index (χ4v) is 3.82. The van der Waals surface area contributed by atoms with Crippen molar-refractivity contribution in [3.8, 4) is 0 Å². The lowest BCUT2D eigenvalue weighted by atomic mass is 9.85. The Morgan fingerprint density at radius 2 is 1.75 bits per heavy atom. The number of nitrogens with two attached hydrogens (primary N) is 1. The molecule has 122 valence electrons. The average Bonchev–Trinajstić information content (AvgIpc) is 2.63. The maximum absolute atomic E-state index is 6.33. The van der Waals surface area contributed by atoms with Gasteiger partial charge < -0.3 is 5.73 Å². The third-order valence-electron chi connectivity index (χ3n) is 5.05. The second kappa shape index (κ2) is 6.56. The van der Waals surface area contributed by atoms with Gasteiger partial charge in [0.05, 0.1) is 11.4 Å². The highest BCUT2D eigenvalue weighted by Gasteiger charge is 2.21. The third-order valence-corrected chi connectivity index (χ3v) is 5.05. The van der Waals surface area contributed by atoms with Crippen LogP contribution in [0.3, 0.4) is 0 Å². The zero-order valence-corrected chi connectivity index (χ0v) is 13.8. The second-order valence-corrected chi connectivity index (χ2v) is 6.67. The predicted molar refractivity (Wildman–Crippen MR) is 96.8 cm³/mol. The third kappa shape index (κ3) is 2.84. The Morgan fingerprint density at radius 3 is 2.54 bits per heavy atom. The average molecular weight is 318 g/mol. The molecule has 0 aliphatic heterocycles. The lowest BCUT2D eigenvalue weighted by Gasteiger charge is -2.22. The maximum atomic E-state index is 6.33. The summed E-state index contributed by atoms with van der Waals surface area (Å²) in [7, 11) is 0. The van der Waals surface area contributed by atoms with Gasteiger partial charge in [0.15, 0.2) is 0 Å².